The van der Waals surface area contributed by atoms with Gasteiger partial charge in [-0.15, -0.1) is 0 Å². The van der Waals surface area contributed by atoms with Crippen molar-refractivity contribution in [2.75, 3.05) is 0 Å². The summed E-state index contributed by atoms with van der Waals surface area (Å²) in [7, 11) is 0. The topological polar surface area (TPSA) is 46.5 Å². The molecule has 1 saturated carbocycles. The molecule has 3 nitrogen and oxygen atoms in total. The molecule has 0 aromatic carbocycles. The Morgan fingerprint density at radius 1 is 1.44 bits per heavy atom. The van der Waals surface area contributed by atoms with E-state index < -0.39 is 6.10 Å². The molecule has 3 rings (SSSR count). The van der Waals surface area contributed by atoms with E-state index in [0.29, 0.717) is 5.92 Å². The first-order valence-electron chi connectivity index (χ1n) is 7.02. The van der Waals surface area contributed by atoms with E-state index in [9.17, 15) is 9.90 Å². The van der Waals surface area contributed by atoms with Crippen molar-refractivity contribution in [3.05, 3.63) is 12.2 Å². The van der Waals surface area contributed by atoms with Crippen LogP contribution in [-0.4, -0.2) is 23.3 Å². The normalized spacial score (nSPS) is 54.8. The Labute approximate surface area is 108 Å². The molecule has 3 heteroatoms. The monoisotopic (exact) mass is 250 g/mol. The first-order chi connectivity index (χ1) is 8.44. The zero-order valence-corrected chi connectivity index (χ0v) is 11.3. The summed E-state index contributed by atoms with van der Waals surface area (Å²) in [5.74, 6) is 0.730. The number of carbonyl (C=O) groups is 1. The lowest BCUT2D eigenvalue weighted by molar-refractivity contribution is -0.151. The molecule has 7 atom stereocenters. The summed E-state index contributed by atoms with van der Waals surface area (Å²) in [6.45, 7) is 6.30. The smallest absolute Gasteiger partial charge is 0.309 e. The van der Waals surface area contributed by atoms with Crippen molar-refractivity contribution in [2.24, 2.45) is 29.1 Å². The van der Waals surface area contributed by atoms with Crippen molar-refractivity contribution in [1.82, 2.24) is 0 Å². The Morgan fingerprint density at radius 3 is 2.89 bits per heavy atom. The number of hydrogen-bond acceptors (Lipinski definition) is 3. The Kier molecular flexibility index (Phi) is 2.60. The highest BCUT2D eigenvalue weighted by Gasteiger charge is 2.57. The summed E-state index contributed by atoms with van der Waals surface area (Å²) in [6.07, 6.45) is 5.81. The summed E-state index contributed by atoms with van der Waals surface area (Å²) in [6, 6.07) is 0. The zero-order chi connectivity index (χ0) is 13.1. The van der Waals surface area contributed by atoms with Gasteiger partial charge in [-0.25, -0.2) is 0 Å². The molecule has 1 N–H and O–H groups in total. The molecule has 0 spiro atoms. The van der Waals surface area contributed by atoms with E-state index in [1.54, 1.807) is 0 Å². The van der Waals surface area contributed by atoms with Gasteiger partial charge in [-0.2, -0.15) is 0 Å². The molecule has 2 aliphatic carbocycles. The van der Waals surface area contributed by atoms with Crippen LogP contribution in [0.1, 0.15) is 33.6 Å². The molecular formula is C15H22O3. The van der Waals surface area contributed by atoms with Crippen LogP contribution in [0.25, 0.3) is 0 Å². The number of ether oxygens (including phenoxy) is 1. The predicted molar refractivity (Wildman–Crippen MR) is 67.7 cm³/mol. The summed E-state index contributed by atoms with van der Waals surface area (Å²) < 4.78 is 5.65. The molecule has 3 aliphatic rings. The van der Waals surface area contributed by atoms with Crippen molar-refractivity contribution < 1.29 is 14.6 Å². The van der Waals surface area contributed by atoms with Gasteiger partial charge in [0, 0.05) is 11.8 Å². The molecule has 0 unspecified atom stereocenters. The van der Waals surface area contributed by atoms with Gasteiger partial charge < -0.3 is 9.84 Å². The maximum absolute atomic E-state index is 11.8. The number of rotatable bonds is 0. The average Bonchev–Trinajstić information content (AvgIpc) is 2.60. The molecule has 18 heavy (non-hydrogen) atoms. The van der Waals surface area contributed by atoms with Gasteiger partial charge >= 0.3 is 5.97 Å². The van der Waals surface area contributed by atoms with Crippen LogP contribution < -0.4 is 0 Å². The van der Waals surface area contributed by atoms with Crippen LogP contribution in [-0.2, 0) is 9.53 Å². The first kappa shape index (κ1) is 12.2. The van der Waals surface area contributed by atoms with Gasteiger partial charge in [0.1, 0.15) is 6.10 Å². The second-order valence-corrected chi connectivity index (χ2v) is 6.63. The number of esters is 1. The Balaban J connectivity index is 1.98. The number of allylic oxidation sites excluding steroid dienone is 1. The second kappa shape index (κ2) is 3.83. The molecule has 2 fully saturated rings. The highest BCUT2D eigenvalue weighted by Crippen LogP contribution is 2.55. The van der Waals surface area contributed by atoms with Crippen LogP contribution >= 0.6 is 0 Å². The number of aliphatic hydroxyl groups is 1. The van der Waals surface area contributed by atoms with Crippen molar-refractivity contribution in [2.45, 2.75) is 45.8 Å². The van der Waals surface area contributed by atoms with E-state index >= 15 is 0 Å². The number of hydrogen-bond donors (Lipinski definition) is 1. The third-order valence-corrected chi connectivity index (χ3v) is 5.60. The maximum atomic E-state index is 11.8. The van der Waals surface area contributed by atoms with Gasteiger partial charge in [0.2, 0.25) is 0 Å². The van der Waals surface area contributed by atoms with E-state index in [1.165, 1.54) is 0 Å². The fourth-order valence-corrected chi connectivity index (χ4v) is 4.36. The lowest BCUT2D eigenvalue weighted by Crippen LogP contribution is -2.51. The molecular weight excluding hydrogens is 228 g/mol. The number of aliphatic hydroxyl groups excluding tert-OH is 1. The Morgan fingerprint density at radius 2 is 2.17 bits per heavy atom. The maximum Gasteiger partial charge on any atom is 0.309 e. The molecule has 1 aliphatic heterocycles. The summed E-state index contributed by atoms with van der Waals surface area (Å²) in [5, 5.41) is 10.1. The lowest BCUT2D eigenvalue weighted by Gasteiger charge is -2.51. The van der Waals surface area contributed by atoms with Gasteiger partial charge in [-0.05, 0) is 24.2 Å². The summed E-state index contributed by atoms with van der Waals surface area (Å²) in [4.78, 5) is 11.8. The number of carbonyl (C=O) groups excluding carboxylic acids is 1. The molecule has 100 valence electrons. The van der Waals surface area contributed by atoms with Gasteiger partial charge in [0.05, 0.1) is 12.0 Å². The fraction of sp³-hybridized carbons (Fsp3) is 0.800. The van der Waals surface area contributed by atoms with E-state index in [-0.39, 0.29) is 35.2 Å². The molecule has 0 amide bonds. The van der Waals surface area contributed by atoms with Crippen molar-refractivity contribution in [3.63, 3.8) is 0 Å². The quantitative estimate of drug-likeness (QED) is 0.529. The Hall–Kier alpha value is -0.830. The standard InChI is InChI=1S/C15H22O3/c1-8-10-4-6-15(3)7-5-11(16)9(2)12(15)13(10)18-14(8)17/h5,7-13,16H,4,6H2,1-3H3/t8-,9+,10-,11-,12+,13-,15-/m0/s1. The highest BCUT2D eigenvalue weighted by atomic mass is 16.6. The third-order valence-electron chi connectivity index (χ3n) is 5.60. The van der Waals surface area contributed by atoms with Gasteiger partial charge in [0.15, 0.2) is 0 Å². The largest absolute Gasteiger partial charge is 0.461 e. The van der Waals surface area contributed by atoms with Crippen LogP contribution in [0, 0.1) is 29.1 Å². The molecule has 1 saturated heterocycles. The SMILES string of the molecule is C[C@H]1[C@@H]2[C@H]3OC(=O)[C@@H](C)[C@@H]3CC[C@@]2(C)C=C[C@@H]1O. The average molecular weight is 250 g/mol. The van der Waals surface area contributed by atoms with Crippen molar-refractivity contribution in [3.8, 4) is 0 Å². The molecule has 0 aromatic heterocycles. The number of fused-ring (bicyclic) bond motifs is 3. The zero-order valence-electron chi connectivity index (χ0n) is 11.3. The van der Waals surface area contributed by atoms with Crippen LogP contribution in [0.3, 0.4) is 0 Å². The minimum absolute atomic E-state index is 0.000787. The third kappa shape index (κ3) is 1.49. The lowest BCUT2D eigenvalue weighted by atomic mass is 9.55. The molecule has 0 bridgehead atoms. The van der Waals surface area contributed by atoms with Gasteiger partial charge in [-0.3, -0.25) is 4.79 Å². The molecule has 0 radical (unpaired) electrons. The van der Waals surface area contributed by atoms with E-state index in [1.807, 2.05) is 13.0 Å². The summed E-state index contributed by atoms with van der Waals surface area (Å²) in [5.41, 5.74) is 0.0736. The molecule has 1 heterocycles. The first-order valence-corrected chi connectivity index (χ1v) is 7.02. The second-order valence-electron chi connectivity index (χ2n) is 6.63. The van der Waals surface area contributed by atoms with E-state index in [2.05, 4.69) is 19.9 Å². The van der Waals surface area contributed by atoms with Crippen molar-refractivity contribution >= 4 is 5.97 Å². The minimum atomic E-state index is -0.406. The van der Waals surface area contributed by atoms with E-state index in [4.69, 9.17) is 4.74 Å². The summed E-state index contributed by atoms with van der Waals surface area (Å²) >= 11 is 0. The van der Waals surface area contributed by atoms with Crippen LogP contribution in [0.5, 0.6) is 0 Å². The van der Waals surface area contributed by atoms with Gasteiger partial charge in [-0.1, -0.05) is 32.9 Å². The highest BCUT2D eigenvalue weighted by molar-refractivity contribution is 5.75. The molecule has 0 aromatic rings. The van der Waals surface area contributed by atoms with Crippen molar-refractivity contribution in [1.29, 1.82) is 0 Å². The predicted octanol–water partition coefficient (Wildman–Crippen LogP) is 2.15. The fourth-order valence-electron chi connectivity index (χ4n) is 4.36. The minimum Gasteiger partial charge on any atom is -0.461 e. The van der Waals surface area contributed by atoms with Crippen LogP contribution in [0.2, 0.25) is 0 Å². The van der Waals surface area contributed by atoms with Crippen LogP contribution in [0.15, 0.2) is 12.2 Å². The van der Waals surface area contributed by atoms with Crippen LogP contribution in [0.4, 0.5) is 0 Å². The van der Waals surface area contributed by atoms with E-state index in [0.717, 1.165) is 12.8 Å². The Bertz CT molecular complexity index is 403. The van der Waals surface area contributed by atoms with Gasteiger partial charge in [0.25, 0.3) is 0 Å².